The molecule has 3 heterocycles. The first-order valence-electron chi connectivity index (χ1n) is 11.0. The highest BCUT2D eigenvalue weighted by atomic mass is 16.5. The molecule has 2 aromatic carbocycles. The maximum atomic E-state index is 12.9. The number of piperazine rings is 1. The van der Waals surface area contributed by atoms with Gasteiger partial charge in [-0.05, 0) is 42.0 Å². The lowest BCUT2D eigenvalue weighted by Crippen LogP contribution is -2.50. The lowest BCUT2D eigenvalue weighted by molar-refractivity contribution is 0.0530. The average molecular weight is 457 g/mol. The van der Waals surface area contributed by atoms with E-state index in [0.29, 0.717) is 55.6 Å². The van der Waals surface area contributed by atoms with Gasteiger partial charge in [-0.15, -0.1) is 0 Å². The van der Waals surface area contributed by atoms with Crippen LogP contribution in [0.1, 0.15) is 26.4 Å². The highest BCUT2D eigenvalue weighted by molar-refractivity contribution is 5.95. The molecule has 0 unspecified atom stereocenters. The Morgan fingerprint density at radius 2 is 1.53 bits per heavy atom. The summed E-state index contributed by atoms with van der Waals surface area (Å²) in [5.41, 5.74) is 1.89. The molecular weight excluding hydrogens is 434 g/mol. The minimum absolute atomic E-state index is 0.0664. The zero-order chi connectivity index (χ0) is 23.3. The summed E-state index contributed by atoms with van der Waals surface area (Å²) in [7, 11) is 0. The Hall–Kier alpha value is -4.33. The van der Waals surface area contributed by atoms with Crippen LogP contribution >= 0.6 is 0 Å². The standard InChI is InChI=1S/C26H23N3O5/c30-25(20-8-10-21(11-9-20)33-18-19-5-2-1-3-6-19)28-12-14-29(15-13-28)26(31)22-17-24(34-27-22)23-7-4-16-32-23/h1-11,16-17H,12-15,18H2. The minimum atomic E-state index is -0.228. The second kappa shape index (κ2) is 9.66. The molecule has 0 atom stereocenters. The van der Waals surface area contributed by atoms with Crippen molar-refractivity contribution in [3.63, 3.8) is 0 Å². The van der Waals surface area contributed by atoms with Gasteiger partial charge in [0.2, 0.25) is 5.76 Å². The molecule has 2 aromatic heterocycles. The van der Waals surface area contributed by atoms with Crippen LogP contribution in [-0.2, 0) is 6.61 Å². The molecule has 1 saturated heterocycles. The van der Waals surface area contributed by atoms with E-state index in [1.807, 2.05) is 30.3 Å². The van der Waals surface area contributed by atoms with E-state index in [4.69, 9.17) is 13.7 Å². The van der Waals surface area contributed by atoms with Gasteiger partial charge in [-0.25, -0.2) is 0 Å². The second-order valence-corrected chi connectivity index (χ2v) is 7.94. The summed E-state index contributed by atoms with van der Waals surface area (Å²) in [6.07, 6.45) is 1.53. The molecule has 1 fully saturated rings. The van der Waals surface area contributed by atoms with E-state index in [9.17, 15) is 9.59 Å². The monoisotopic (exact) mass is 457 g/mol. The molecule has 8 nitrogen and oxygen atoms in total. The van der Waals surface area contributed by atoms with Crippen molar-refractivity contribution in [2.24, 2.45) is 0 Å². The molecular formula is C26H23N3O5. The van der Waals surface area contributed by atoms with E-state index in [2.05, 4.69) is 5.16 Å². The van der Waals surface area contributed by atoms with Crippen LogP contribution in [0.25, 0.3) is 11.5 Å². The van der Waals surface area contributed by atoms with E-state index in [1.165, 1.54) is 6.26 Å². The number of aromatic nitrogens is 1. The topological polar surface area (TPSA) is 89.0 Å². The van der Waals surface area contributed by atoms with Crippen molar-refractivity contribution in [2.75, 3.05) is 26.2 Å². The summed E-state index contributed by atoms with van der Waals surface area (Å²) in [6.45, 7) is 2.20. The van der Waals surface area contributed by atoms with E-state index < -0.39 is 0 Å². The maximum absolute atomic E-state index is 12.9. The summed E-state index contributed by atoms with van der Waals surface area (Å²) in [6, 6.07) is 22.1. The van der Waals surface area contributed by atoms with Crippen LogP contribution in [-0.4, -0.2) is 52.9 Å². The SMILES string of the molecule is O=C(c1ccc(OCc2ccccc2)cc1)N1CCN(C(=O)c2cc(-c3ccco3)on2)CC1. The molecule has 34 heavy (non-hydrogen) atoms. The van der Waals surface area contributed by atoms with Crippen molar-refractivity contribution in [1.29, 1.82) is 0 Å². The number of furan rings is 1. The quantitative estimate of drug-likeness (QED) is 0.433. The molecule has 0 spiro atoms. The summed E-state index contributed by atoms with van der Waals surface area (Å²) in [5, 5.41) is 3.87. The van der Waals surface area contributed by atoms with E-state index in [-0.39, 0.29) is 17.5 Å². The number of hydrogen-bond donors (Lipinski definition) is 0. The van der Waals surface area contributed by atoms with Crippen LogP contribution in [0, 0.1) is 0 Å². The predicted molar refractivity (Wildman–Crippen MR) is 123 cm³/mol. The van der Waals surface area contributed by atoms with Crippen LogP contribution in [0.3, 0.4) is 0 Å². The molecule has 1 aliphatic heterocycles. The van der Waals surface area contributed by atoms with Gasteiger partial charge in [0.1, 0.15) is 12.4 Å². The normalized spacial score (nSPS) is 13.6. The summed E-state index contributed by atoms with van der Waals surface area (Å²) in [5.74, 6) is 1.32. The first-order chi connectivity index (χ1) is 16.7. The van der Waals surface area contributed by atoms with Crippen LogP contribution < -0.4 is 4.74 Å². The summed E-state index contributed by atoms with van der Waals surface area (Å²) < 4.78 is 16.3. The van der Waals surface area contributed by atoms with Crippen LogP contribution in [0.4, 0.5) is 0 Å². The van der Waals surface area contributed by atoms with Gasteiger partial charge < -0.3 is 23.5 Å². The highest BCUT2D eigenvalue weighted by Gasteiger charge is 2.27. The van der Waals surface area contributed by atoms with Crippen LogP contribution in [0.2, 0.25) is 0 Å². The number of hydrogen-bond acceptors (Lipinski definition) is 6. The van der Waals surface area contributed by atoms with E-state index in [0.717, 1.165) is 5.56 Å². The zero-order valence-electron chi connectivity index (χ0n) is 18.4. The smallest absolute Gasteiger partial charge is 0.276 e. The second-order valence-electron chi connectivity index (χ2n) is 7.94. The van der Waals surface area contributed by atoms with Gasteiger partial charge in [-0.1, -0.05) is 35.5 Å². The fraction of sp³-hybridized carbons (Fsp3) is 0.192. The van der Waals surface area contributed by atoms with Crippen molar-refractivity contribution >= 4 is 11.8 Å². The molecule has 8 heteroatoms. The van der Waals surface area contributed by atoms with E-state index >= 15 is 0 Å². The average Bonchev–Trinajstić information content (AvgIpc) is 3.60. The van der Waals surface area contributed by atoms with Gasteiger partial charge in [0.05, 0.1) is 6.26 Å². The van der Waals surface area contributed by atoms with Crippen molar-refractivity contribution in [2.45, 2.75) is 6.61 Å². The third-order valence-electron chi connectivity index (χ3n) is 5.70. The molecule has 2 amide bonds. The number of rotatable bonds is 6. The molecule has 172 valence electrons. The predicted octanol–water partition coefficient (Wildman–Crippen LogP) is 4.11. The maximum Gasteiger partial charge on any atom is 0.276 e. The number of amides is 2. The largest absolute Gasteiger partial charge is 0.489 e. The van der Waals surface area contributed by atoms with Crippen LogP contribution in [0.5, 0.6) is 5.75 Å². The number of carbonyl (C=O) groups excluding carboxylic acids is 2. The Balaban J connectivity index is 1.14. The molecule has 0 saturated carbocycles. The third kappa shape index (κ3) is 4.71. The zero-order valence-corrected chi connectivity index (χ0v) is 18.4. The molecule has 5 rings (SSSR count). The molecule has 4 aromatic rings. The van der Waals surface area contributed by atoms with E-state index in [1.54, 1.807) is 52.3 Å². The molecule has 0 N–H and O–H groups in total. The molecule has 0 radical (unpaired) electrons. The Kier molecular flexibility index (Phi) is 6.11. The Morgan fingerprint density at radius 3 is 2.21 bits per heavy atom. The van der Waals surface area contributed by atoms with Crippen molar-refractivity contribution < 1.29 is 23.3 Å². The minimum Gasteiger partial charge on any atom is -0.489 e. The fourth-order valence-corrected chi connectivity index (χ4v) is 3.80. The van der Waals surface area contributed by atoms with Gasteiger partial charge in [-0.2, -0.15) is 0 Å². The number of ether oxygens (including phenoxy) is 1. The summed E-state index contributed by atoms with van der Waals surface area (Å²) in [4.78, 5) is 29.1. The Morgan fingerprint density at radius 1 is 0.824 bits per heavy atom. The summed E-state index contributed by atoms with van der Waals surface area (Å²) >= 11 is 0. The van der Waals surface area contributed by atoms with Gasteiger partial charge in [0.15, 0.2) is 11.5 Å². The van der Waals surface area contributed by atoms with Gasteiger partial charge in [0, 0.05) is 37.8 Å². The Bertz CT molecular complexity index is 1240. The fourth-order valence-electron chi connectivity index (χ4n) is 3.80. The molecule has 0 bridgehead atoms. The molecule has 0 aliphatic carbocycles. The third-order valence-corrected chi connectivity index (χ3v) is 5.70. The first-order valence-corrected chi connectivity index (χ1v) is 11.0. The van der Waals surface area contributed by atoms with Gasteiger partial charge in [-0.3, -0.25) is 9.59 Å². The van der Waals surface area contributed by atoms with Crippen molar-refractivity contribution in [1.82, 2.24) is 15.0 Å². The lowest BCUT2D eigenvalue weighted by atomic mass is 10.1. The van der Waals surface area contributed by atoms with Crippen molar-refractivity contribution in [3.8, 4) is 17.3 Å². The van der Waals surface area contributed by atoms with Crippen molar-refractivity contribution in [3.05, 3.63) is 95.9 Å². The Labute approximate surface area is 196 Å². The lowest BCUT2D eigenvalue weighted by Gasteiger charge is -2.34. The van der Waals surface area contributed by atoms with Gasteiger partial charge >= 0.3 is 0 Å². The number of benzene rings is 2. The molecule has 1 aliphatic rings. The number of carbonyl (C=O) groups is 2. The number of nitrogens with zero attached hydrogens (tertiary/aromatic N) is 3. The highest BCUT2D eigenvalue weighted by Crippen LogP contribution is 2.22. The van der Waals surface area contributed by atoms with Gasteiger partial charge in [0.25, 0.3) is 11.8 Å². The van der Waals surface area contributed by atoms with Crippen LogP contribution in [0.15, 0.2) is 88.0 Å². The first kappa shape index (κ1) is 21.5.